The van der Waals surface area contributed by atoms with Gasteiger partial charge in [-0.1, -0.05) is 24.3 Å². The van der Waals surface area contributed by atoms with Gasteiger partial charge in [0.05, 0.1) is 0 Å². The number of hydrogen-bond donors (Lipinski definition) is 2. The number of hydrogen-bond acceptors (Lipinski definition) is 5. The predicted octanol–water partition coefficient (Wildman–Crippen LogP) is 2.93. The molecule has 1 aromatic heterocycles. The highest BCUT2D eigenvalue weighted by molar-refractivity contribution is 5.96. The van der Waals surface area contributed by atoms with Gasteiger partial charge in [0.2, 0.25) is 12.2 Å². The van der Waals surface area contributed by atoms with E-state index in [1.807, 2.05) is 61.5 Å². The largest absolute Gasteiger partial charge is 0.481 e. The molecule has 1 aromatic carbocycles. The van der Waals surface area contributed by atoms with Crippen molar-refractivity contribution in [2.45, 2.75) is 19.3 Å². The summed E-state index contributed by atoms with van der Waals surface area (Å²) >= 11 is 0. The average molecular weight is 421 g/mol. The molecule has 8 nitrogen and oxygen atoms in total. The van der Waals surface area contributed by atoms with Gasteiger partial charge in [0.1, 0.15) is 0 Å². The van der Waals surface area contributed by atoms with E-state index in [9.17, 15) is 4.79 Å². The van der Waals surface area contributed by atoms with Gasteiger partial charge in [0, 0.05) is 43.2 Å². The van der Waals surface area contributed by atoms with E-state index in [0.29, 0.717) is 19.4 Å². The van der Waals surface area contributed by atoms with Crippen LogP contribution in [0.25, 0.3) is 5.57 Å². The molecule has 0 spiro atoms. The molecule has 0 unspecified atom stereocenters. The number of anilines is 1. The second kappa shape index (κ2) is 12.1. The zero-order chi connectivity index (χ0) is 22.6. The summed E-state index contributed by atoms with van der Waals surface area (Å²) in [6.45, 7) is 1.30. The van der Waals surface area contributed by atoms with Gasteiger partial charge in [0.15, 0.2) is 0 Å². The third-order valence-electron chi connectivity index (χ3n) is 4.60. The third-order valence-corrected chi connectivity index (χ3v) is 4.60. The van der Waals surface area contributed by atoms with Crippen molar-refractivity contribution >= 4 is 23.2 Å². The lowest BCUT2D eigenvalue weighted by Gasteiger charge is -2.25. The highest BCUT2D eigenvalue weighted by Gasteiger charge is 2.14. The number of guanidine groups is 1. The summed E-state index contributed by atoms with van der Waals surface area (Å²) in [5.74, 6) is -0.669. The molecule has 31 heavy (non-hydrogen) atoms. The Bertz CT molecular complexity index is 964. The fraction of sp³-hybridized carbons (Fsp3) is 0.304. The van der Waals surface area contributed by atoms with E-state index in [2.05, 4.69) is 9.98 Å². The zero-order valence-electron chi connectivity index (χ0n) is 17.9. The number of nitrogens with zero attached hydrogens (tertiary/aromatic N) is 5. The van der Waals surface area contributed by atoms with Gasteiger partial charge in [-0.25, -0.2) is 0 Å². The number of likely N-dealkylation sites (N-methyl/N-ethyl adjacent to an activating group) is 1. The fourth-order valence-corrected chi connectivity index (χ4v) is 3.05. The maximum atomic E-state index is 10.8. The van der Waals surface area contributed by atoms with E-state index in [1.54, 1.807) is 23.5 Å². The first kappa shape index (κ1) is 23.6. The number of rotatable bonds is 10. The van der Waals surface area contributed by atoms with Crippen molar-refractivity contribution < 1.29 is 9.90 Å². The number of carbonyl (C=O) groups is 1. The Labute approximate surface area is 183 Å². The van der Waals surface area contributed by atoms with Crippen LogP contribution in [0.5, 0.6) is 0 Å². The third kappa shape index (κ3) is 7.57. The SMILES string of the molecule is CN(C)CCN(C(N)=NC#N)c1cccc(/C(=C\CCCC(=O)O)c2cccnc2)c1. The van der Waals surface area contributed by atoms with Crippen molar-refractivity contribution in [1.82, 2.24) is 9.88 Å². The average Bonchev–Trinajstić information content (AvgIpc) is 2.74. The van der Waals surface area contributed by atoms with Gasteiger partial charge >= 0.3 is 5.97 Å². The molecule has 0 saturated heterocycles. The quantitative estimate of drug-likeness (QED) is 0.262. The molecule has 0 saturated carbocycles. The van der Waals surface area contributed by atoms with Crippen LogP contribution in [0, 0.1) is 11.5 Å². The second-order valence-electron chi connectivity index (χ2n) is 7.22. The van der Waals surface area contributed by atoms with Crippen molar-refractivity contribution in [2.24, 2.45) is 10.7 Å². The second-order valence-corrected chi connectivity index (χ2v) is 7.22. The van der Waals surface area contributed by atoms with Crippen LogP contribution in [0.15, 0.2) is 59.9 Å². The number of benzene rings is 1. The van der Waals surface area contributed by atoms with Crippen LogP contribution in [0.1, 0.15) is 30.4 Å². The zero-order valence-corrected chi connectivity index (χ0v) is 17.9. The molecule has 0 aliphatic heterocycles. The van der Waals surface area contributed by atoms with Crippen LogP contribution in [0.4, 0.5) is 5.69 Å². The Balaban J connectivity index is 2.42. The van der Waals surface area contributed by atoms with Crippen LogP contribution in [0.3, 0.4) is 0 Å². The minimum atomic E-state index is -0.804. The summed E-state index contributed by atoms with van der Waals surface area (Å²) in [4.78, 5) is 22.6. The van der Waals surface area contributed by atoms with Gasteiger partial charge < -0.3 is 20.6 Å². The minimum Gasteiger partial charge on any atom is -0.481 e. The van der Waals surface area contributed by atoms with Crippen molar-refractivity contribution in [3.05, 3.63) is 66.0 Å². The summed E-state index contributed by atoms with van der Waals surface area (Å²) in [5, 5.41) is 17.9. The molecule has 0 amide bonds. The summed E-state index contributed by atoms with van der Waals surface area (Å²) < 4.78 is 0. The number of nitrogens with two attached hydrogens (primary N) is 1. The Morgan fingerprint density at radius 2 is 2.03 bits per heavy atom. The van der Waals surface area contributed by atoms with E-state index < -0.39 is 5.97 Å². The topological polar surface area (TPSA) is 119 Å². The monoisotopic (exact) mass is 420 g/mol. The first-order valence-electron chi connectivity index (χ1n) is 9.99. The minimum absolute atomic E-state index is 0.121. The van der Waals surface area contributed by atoms with E-state index in [4.69, 9.17) is 16.1 Å². The predicted molar refractivity (Wildman–Crippen MR) is 122 cm³/mol. The molecule has 1 heterocycles. The van der Waals surface area contributed by atoms with E-state index in [1.165, 1.54) is 0 Å². The molecule has 0 fully saturated rings. The molecule has 3 N–H and O–H groups in total. The number of nitriles is 1. The fourth-order valence-electron chi connectivity index (χ4n) is 3.05. The Morgan fingerprint density at radius 3 is 2.68 bits per heavy atom. The standard InChI is InChI=1S/C23H28N6O2/c1-28(2)13-14-29(23(25)27-17-24)20-9-5-7-18(15-20)21(10-3-4-11-22(30)31)19-8-6-12-26-16-19/h5-10,12,15-16H,3-4,11,13-14H2,1-2H3,(H2,25,27)(H,30,31)/b21-10+. The van der Waals surface area contributed by atoms with Crippen LogP contribution < -0.4 is 10.6 Å². The van der Waals surface area contributed by atoms with Crippen LogP contribution in [0.2, 0.25) is 0 Å². The summed E-state index contributed by atoms with van der Waals surface area (Å²) in [6, 6.07) is 11.7. The number of carboxylic acids is 1. The summed E-state index contributed by atoms with van der Waals surface area (Å²) in [5.41, 5.74) is 9.73. The molecular formula is C23H28N6O2. The molecule has 0 bridgehead atoms. The van der Waals surface area contributed by atoms with Crippen LogP contribution >= 0.6 is 0 Å². The van der Waals surface area contributed by atoms with Gasteiger partial charge in [-0.2, -0.15) is 5.26 Å². The number of carboxylic acid groups (broad SMARTS) is 1. The number of allylic oxidation sites excluding steroid dienone is 1. The van der Waals surface area contributed by atoms with Crippen LogP contribution in [-0.2, 0) is 4.79 Å². The van der Waals surface area contributed by atoms with Gasteiger partial charge in [0.25, 0.3) is 0 Å². The molecule has 0 atom stereocenters. The van der Waals surface area contributed by atoms with Crippen molar-refractivity contribution in [1.29, 1.82) is 5.26 Å². The van der Waals surface area contributed by atoms with Gasteiger partial charge in [-0.3, -0.25) is 9.78 Å². The molecule has 162 valence electrons. The Kier molecular flexibility index (Phi) is 9.20. The number of aliphatic carboxylic acids is 1. The van der Waals surface area contributed by atoms with E-state index in [-0.39, 0.29) is 12.4 Å². The number of unbranched alkanes of at least 4 members (excludes halogenated alkanes) is 1. The van der Waals surface area contributed by atoms with Crippen molar-refractivity contribution in [2.75, 3.05) is 32.1 Å². The lowest BCUT2D eigenvalue weighted by Crippen LogP contribution is -2.41. The normalized spacial score (nSPS) is 11.9. The molecule has 0 aliphatic carbocycles. The van der Waals surface area contributed by atoms with E-state index in [0.717, 1.165) is 28.9 Å². The highest BCUT2D eigenvalue weighted by atomic mass is 16.4. The molecule has 8 heteroatoms. The molecular weight excluding hydrogens is 392 g/mol. The lowest BCUT2D eigenvalue weighted by atomic mass is 9.97. The van der Waals surface area contributed by atoms with Crippen molar-refractivity contribution in [3.8, 4) is 6.19 Å². The summed E-state index contributed by atoms with van der Waals surface area (Å²) in [6.07, 6.45) is 8.59. The summed E-state index contributed by atoms with van der Waals surface area (Å²) in [7, 11) is 3.93. The first-order valence-corrected chi connectivity index (χ1v) is 9.99. The molecule has 2 aromatic rings. The lowest BCUT2D eigenvalue weighted by molar-refractivity contribution is -0.137. The van der Waals surface area contributed by atoms with Crippen molar-refractivity contribution in [3.63, 3.8) is 0 Å². The number of aromatic nitrogens is 1. The Hall–Kier alpha value is -3.70. The molecule has 0 radical (unpaired) electrons. The smallest absolute Gasteiger partial charge is 0.303 e. The van der Waals surface area contributed by atoms with Gasteiger partial charge in [-0.05, 0) is 56.3 Å². The Morgan fingerprint density at radius 1 is 1.26 bits per heavy atom. The molecule has 0 aliphatic rings. The van der Waals surface area contributed by atoms with Crippen LogP contribution in [-0.4, -0.2) is 54.1 Å². The number of pyridine rings is 1. The molecule has 2 rings (SSSR count). The number of aliphatic imine (C=N–C) groups is 1. The van der Waals surface area contributed by atoms with Gasteiger partial charge in [-0.15, -0.1) is 4.99 Å². The highest BCUT2D eigenvalue weighted by Crippen LogP contribution is 2.27. The first-order chi connectivity index (χ1) is 14.9. The maximum absolute atomic E-state index is 10.8. The van der Waals surface area contributed by atoms with E-state index >= 15 is 0 Å². The maximum Gasteiger partial charge on any atom is 0.303 e.